The van der Waals surface area contributed by atoms with Crippen molar-refractivity contribution < 1.29 is 18.9 Å². The van der Waals surface area contributed by atoms with Gasteiger partial charge in [-0.15, -0.1) is 0 Å². The summed E-state index contributed by atoms with van der Waals surface area (Å²) in [5.74, 6) is 0. The summed E-state index contributed by atoms with van der Waals surface area (Å²) in [6.45, 7) is 7.84. The van der Waals surface area contributed by atoms with Crippen molar-refractivity contribution in [3.05, 3.63) is 20.8 Å². The molecule has 2 atom stereocenters. The summed E-state index contributed by atoms with van der Waals surface area (Å²) in [7, 11) is 1.60. The van der Waals surface area contributed by atoms with Crippen molar-refractivity contribution in [1.29, 1.82) is 0 Å². The van der Waals surface area contributed by atoms with Crippen LogP contribution < -0.4 is 16.0 Å². The normalized spacial score (nSPS) is 17.5. The van der Waals surface area contributed by atoms with Gasteiger partial charge in [0, 0.05) is 20.2 Å². The maximum atomic E-state index is 13.4. The topological polar surface area (TPSA) is 98.7 Å². The molecule has 2 aromatic heterocycles. The van der Waals surface area contributed by atoms with Gasteiger partial charge in [0.25, 0.3) is 11.6 Å². The first-order valence-corrected chi connectivity index (χ1v) is 12.6. The van der Waals surface area contributed by atoms with Crippen molar-refractivity contribution in [3.8, 4) is 6.01 Å². The molecule has 1 aliphatic heterocycles. The van der Waals surface area contributed by atoms with E-state index in [0.29, 0.717) is 32.7 Å². The van der Waals surface area contributed by atoms with E-state index in [-0.39, 0.29) is 42.7 Å². The van der Waals surface area contributed by atoms with Gasteiger partial charge in [-0.25, -0.2) is 4.79 Å². The number of hydrogen-bond acceptors (Lipinski definition) is 7. The van der Waals surface area contributed by atoms with E-state index in [0.717, 1.165) is 25.7 Å². The Labute approximate surface area is 204 Å². The van der Waals surface area contributed by atoms with Gasteiger partial charge >= 0.3 is 5.69 Å². The molecule has 0 aliphatic carbocycles. The second-order valence-electron chi connectivity index (χ2n) is 8.75. The van der Waals surface area contributed by atoms with Crippen LogP contribution in [0.5, 0.6) is 6.01 Å². The highest BCUT2D eigenvalue weighted by atomic mass is 35.5. The maximum absolute atomic E-state index is 13.4. The first kappa shape index (κ1) is 26.7. The molecule has 0 saturated carbocycles. The minimum absolute atomic E-state index is 0.0740. The van der Waals surface area contributed by atoms with Crippen LogP contribution >= 0.6 is 11.6 Å². The summed E-state index contributed by atoms with van der Waals surface area (Å²) in [6.07, 6.45) is 4.79. The Morgan fingerprint density at radius 3 is 2.68 bits per heavy atom. The van der Waals surface area contributed by atoms with Gasteiger partial charge < -0.3 is 18.9 Å². The molecule has 1 saturated heterocycles. The molecule has 1 aliphatic rings. The molecular formula is C23H37ClN4O6. The van der Waals surface area contributed by atoms with Crippen molar-refractivity contribution in [2.75, 3.05) is 26.4 Å². The molecule has 0 bridgehead atoms. The van der Waals surface area contributed by atoms with Crippen molar-refractivity contribution in [2.45, 2.75) is 83.7 Å². The standard InChI is InChI=1S/C23H37ClN4O6/c1-5-9-17(24)28-19-20(25-22(28)34-15-14-31-16(2)3)26(4)23(30)27(21(19)29)11-8-13-33-18-10-6-7-12-32-18/h16-18H,5-15H2,1-4H3. The fourth-order valence-corrected chi connectivity index (χ4v) is 4.34. The monoisotopic (exact) mass is 500 g/mol. The van der Waals surface area contributed by atoms with Gasteiger partial charge in [0.2, 0.25) is 0 Å². The van der Waals surface area contributed by atoms with Crippen molar-refractivity contribution in [2.24, 2.45) is 7.05 Å². The zero-order valence-corrected chi connectivity index (χ0v) is 21.4. The third-order valence-electron chi connectivity index (χ3n) is 5.68. The predicted octanol–water partition coefficient (Wildman–Crippen LogP) is 3.17. The lowest BCUT2D eigenvalue weighted by molar-refractivity contribution is -0.163. The molecule has 192 valence electrons. The Bertz CT molecular complexity index is 1040. The molecule has 0 N–H and O–H groups in total. The fraction of sp³-hybridized carbons (Fsp3) is 0.783. The molecule has 2 unspecified atom stereocenters. The predicted molar refractivity (Wildman–Crippen MR) is 130 cm³/mol. The summed E-state index contributed by atoms with van der Waals surface area (Å²) in [5.41, 5.74) is -0.908. The summed E-state index contributed by atoms with van der Waals surface area (Å²) in [6, 6.07) is 0.207. The van der Waals surface area contributed by atoms with Crippen molar-refractivity contribution in [3.63, 3.8) is 0 Å². The highest BCUT2D eigenvalue weighted by Gasteiger charge is 2.25. The lowest BCUT2D eigenvalue weighted by Crippen LogP contribution is -2.40. The third-order valence-corrected chi connectivity index (χ3v) is 6.10. The summed E-state index contributed by atoms with van der Waals surface area (Å²) in [4.78, 5) is 30.9. The van der Waals surface area contributed by atoms with Crippen LogP contribution in [0.2, 0.25) is 0 Å². The van der Waals surface area contributed by atoms with E-state index in [1.165, 1.54) is 9.13 Å². The number of ether oxygens (including phenoxy) is 4. The van der Waals surface area contributed by atoms with Gasteiger partial charge in [-0.05, 0) is 46.0 Å². The molecule has 1 fully saturated rings. The van der Waals surface area contributed by atoms with E-state index in [2.05, 4.69) is 4.98 Å². The van der Waals surface area contributed by atoms with Gasteiger partial charge in [-0.2, -0.15) is 4.98 Å². The first-order chi connectivity index (χ1) is 16.3. The molecule has 0 spiro atoms. The molecule has 2 aromatic rings. The molecule has 0 amide bonds. The number of rotatable bonds is 13. The van der Waals surface area contributed by atoms with Crippen molar-refractivity contribution >= 4 is 22.8 Å². The Hall–Kier alpha value is -1.88. The molecule has 3 heterocycles. The lowest BCUT2D eigenvalue weighted by atomic mass is 10.2. The molecule has 3 rings (SSSR count). The SMILES string of the molecule is CCCC(Cl)n1c(OCCOC(C)C)nc2c1c(=O)n(CCCOC1CCCCO1)c(=O)n2C. The number of aromatic nitrogens is 4. The molecule has 10 nitrogen and oxygen atoms in total. The quantitative estimate of drug-likeness (QED) is 0.307. The van der Waals surface area contributed by atoms with E-state index in [9.17, 15) is 9.59 Å². The second-order valence-corrected chi connectivity index (χ2v) is 9.25. The number of imidazole rings is 1. The van der Waals surface area contributed by atoms with Crippen LogP contribution in [0.4, 0.5) is 0 Å². The molecule has 0 radical (unpaired) electrons. The summed E-state index contributed by atoms with van der Waals surface area (Å²) >= 11 is 6.67. The van der Waals surface area contributed by atoms with Crippen LogP contribution in [-0.2, 0) is 27.8 Å². The van der Waals surface area contributed by atoms with E-state index < -0.39 is 16.8 Å². The minimum atomic E-state index is -0.540. The van der Waals surface area contributed by atoms with Gasteiger partial charge in [0.15, 0.2) is 17.5 Å². The van der Waals surface area contributed by atoms with Gasteiger partial charge in [0.05, 0.1) is 19.3 Å². The van der Waals surface area contributed by atoms with E-state index >= 15 is 0 Å². The number of fused-ring (bicyclic) bond motifs is 1. The summed E-state index contributed by atoms with van der Waals surface area (Å²) < 4.78 is 26.9. The fourth-order valence-electron chi connectivity index (χ4n) is 3.94. The number of hydrogen-bond donors (Lipinski definition) is 0. The van der Waals surface area contributed by atoms with Gasteiger partial charge in [0.1, 0.15) is 12.1 Å². The highest BCUT2D eigenvalue weighted by molar-refractivity contribution is 6.19. The number of nitrogens with zero attached hydrogens (tertiary/aromatic N) is 4. The van der Waals surface area contributed by atoms with E-state index in [4.69, 9.17) is 30.5 Å². The smallest absolute Gasteiger partial charge is 0.332 e. The second kappa shape index (κ2) is 12.7. The number of halogens is 1. The van der Waals surface area contributed by atoms with E-state index in [1.807, 2.05) is 20.8 Å². The van der Waals surface area contributed by atoms with Crippen LogP contribution in [0.1, 0.15) is 64.8 Å². The zero-order valence-electron chi connectivity index (χ0n) is 20.6. The highest BCUT2D eigenvalue weighted by Crippen LogP contribution is 2.29. The third kappa shape index (κ3) is 6.41. The van der Waals surface area contributed by atoms with Gasteiger partial charge in [-0.1, -0.05) is 24.9 Å². The Morgan fingerprint density at radius 1 is 1.21 bits per heavy atom. The minimum Gasteiger partial charge on any atom is -0.462 e. The van der Waals surface area contributed by atoms with Crippen LogP contribution in [0.3, 0.4) is 0 Å². The maximum Gasteiger partial charge on any atom is 0.332 e. The Balaban J connectivity index is 1.86. The summed E-state index contributed by atoms with van der Waals surface area (Å²) in [5, 5.41) is 0. The molecule has 11 heteroatoms. The van der Waals surface area contributed by atoms with Crippen LogP contribution in [0, 0.1) is 0 Å². The molecule has 0 aromatic carbocycles. The largest absolute Gasteiger partial charge is 0.462 e. The average molecular weight is 501 g/mol. The van der Waals surface area contributed by atoms with Crippen LogP contribution in [-0.4, -0.2) is 57.5 Å². The number of aryl methyl sites for hydroxylation is 1. The first-order valence-electron chi connectivity index (χ1n) is 12.2. The average Bonchev–Trinajstić information content (AvgIpc) is 3.20. The van der Waals surface area contributed by atoms with Gasteiger partial charge in [-0.3, -0.25) is 18.5 Å². The van der Waals surface area contributed by atoms with Crippen molar-refractivity contribution in [1.82, 2.24) is 18.7 Å². The molecular weight excluding hydrogens is 464 g/mol. The zero-order chi connectivity index (χ0) is 24.7. The van der Waals surface area contributed by atoms with Crippen LogP contribution in [0.25, 0.3) is 11.2 Å². The number of alkyl halides is 1. The lowest BCUT2D eigenvalue weighted by Gasteiger charge is -2.22. The van der Waals surface area contributed by atoms with E-state index in [1.54, 1.807) is 11.6 Å². The Morgan fingerprint density at radius 2 is 2.00 bits per heavy atom. The Kier molecular flexibility index (Phi) is 9.99. The molecule has 34 heavy (non-hydrogen) atoms. The van der Waals surface area contributed by atoms with Crippen LogP contribution in [0.15, 0.2) is 9.59 Å².